The Morgan fingerprint density at radius 3 is 2.31 bits per heavy atom. The molecule has 1 aliphatic heterocycles. The third kappa shape index (κ3) is 4.88. The van der Waals surface area contributed by atoms with E-state index >= 15 is 0 Å². The summed E-state index contributed by atoms with van der Waals surface area (Å²) in [5.41, 5.74) is 7.69. The second kappa shape index (κ2) is 10.2. The summed E-state index contributed by atoms with van der Waals surface area (Å²) >= 11 is 0. The molecule has 7 heteroatoms. The van der Waals surface area contributed by atoms with Crippen LogP contribution in [0.3, 0.4) is 0 Å². The molecule has 4 aromatic rings. The van der Waals surface area contributed by atoms with E-state index in [9.17, 15) is 9.18 Å². The van der Waals surface area contributed by atoms with Crippen molar-refractivity contribution in [2.75, 3.05) is 26.2 Å². The van der Waals surface area contributed by atoms with E-state index < -0.39 is 0 Å². The number of carbonyl (C=O) groups excluding carboxylic acids is 1. The highest BCUT2D eigenvalue weighted by Crippen LogP contribution is 2.29. The third-order valence-corrected chi connectivity index (χ3v) is 7.20. The molecule has 1 saturated heterocycles. The maximum Gasteiger partial charge on any atom is 0.222 e. The number of hydrogen-bond acceptors (Lipinski definition) is 4. The zero-order valence-electron chi connectivity index (χ0n) is 21.2. The molecule has 36 heavy (non-hydrogen) atoms. The zero-order valence-corrected chi connectivity index (χ0v) is 21.2. The Bertz CT molecular complexity index is 1370. The molecule has 1 amide bonds. The van der Waals surface area contributed by atoms with Crippen molar-refractivity contribution in [3.05, 3.63) is 88.6 Å². The maximum absolute atomic E-state index is 13.4. The molecule has 0 N–H and O–H groups in total. The maximum atomic E-state index is 13.4. The van der Waals surface area contributed by atoms with Crippen LogP contribution < -0.4 is 0 Å². The molecule has 2 aromatic heterocycles. The molecule has 186 valence electrons. The monoisotopic (exact) mass is 485 g/mol. The van der Waals surface area contributed by atoms with Gasteiger partial charge in [0.05, 0.1) is 5.69 Å². The summed E-state index contributed by atoms with van der Waals surface area (Å²) in [5.74, 6) is -0.0744. The minimum Gasteiger partial charge on any atom is -0.340 e. The van der Waals surface area contributed by atoms with Crippen LogP contribution in [0, 0.1) is 26.6 Å². The fraction of sp³-hybridized carbons (Fsp3) is 0.345. The third-order valence-electron chi connectivity index (χ3n) is 7.20. The average molecular weight is 486 g/mol. The van der Waals surface area contributed by atoms with Crippen molar-refractivity contribution < 1.29 is 9.18 Å². The van der Waals surface area contributed by atoms with Gasteiger partial charge in [0, 0.05) is 56.1 Å². The van der Waals surface area contributed by atoms with Crippen LogP contribution in [0.2, 0.25) is 0 Å². The molecule has 1 fully saturated rings. The van der Waals surface area contributed by atoms with Gasteiger partial charge in [-0.15, -0.1) is 0 Å². The van der Waals surface area contributed by atoms with Crippen LogP contribution in [-0.4, -0.2) is 56.5 Å². The Kier molecular flexibility index (Phi) is 6.83. The minimum atomic E-state index is -0.266. The van der Waals surface area contributed by atoms with Gasteiger partial charge in [-0.05, 0) is 56.0 Å². The largest absolute Gasteiger partial charge is 0.340 e. The van der Waals surface area contributed by atoms with E-state index in [4.69, 9.17) is 10.1 Å². The Hall–Kier alpha value is -3.58. The van der Waals surface area contributed by atoms with Crippen molar-refractivity contribution in [1.29, 1.82) is 0 Å². The molecule has 3 heterocycles. The van der Waals surface area contributed by atoms with E-state index in [1.807, 2.05) is 36.3 Å². The molecule has 0 unspecified atom stereocenters. The predicted octanol–water partition coefficient (Wildman–Crippen LogP) is 4.74. The van der Waals surface area contributed by atoms with Crippen LogP contribution in [0.25, 0.3) is 16.8 Å². The highest BCUT2D eigenvalue weighted by Gasteiger charge is 2.23. The van der Waals surface area contributed by atoms with Crippen LogP contribution in [0.1, 0.15) is 34.6 Å². The molecule has 0 atom stereocenters. The molecule has 2 aromatic carbocycles. The van der Waals surface area contributed by atoms with Gasteiger partial charge >= 0.3 is 0 Å². The summed E-state index contributed by atoms with van der Waals surface area (Å²) in [4.78, 5) is 22.3. The highest BCUT2D eigenvalue weighted by atomic mass is 19.1. The van der Waals surface area contributed by atoms with Crippen molar-refractivity contribution in [1.82, 2.24) is 24.4 Å². The molecule has 0 saturated carbocycles. The topological polar surface area (TPSA) is 53.7 Å². The summed E-state index contributed by atoms with van der Waals surface area (Å²) < 4.78 is 15.3. The summed E-state index contributed by atoms with van der Waals surface area (Å²) in [6, 6.07) is 16.9. The van der Waals surface area contributed by atoms with Crippen molar-refractivity contribution in [2.24, 2.45) is 0 Å². The van der Waals surface area contributed by atoms with Gasteiger partial charge in [-0.3, -0.25) is 9.69 Å². The van der Waals surface area contributed by atoms with E-state index in [0.717, 1.165) is 72.1 Å². The van der Waals surface area contributed by atoms with E-state index in [-0.39, 0.29) is 11.7 Å². The first-order valence-corrected chi connectivity index (χ1v) is 12.6. The number of rotatable bonds is 6. The van der Waals surface area contributed by atoms with Gasteiger partial charge in [-0.1, -0.05) is 42.5 Å². The molecule has 0 spiro atoms. The molecule has 0 bridgehead atoms. The van der Waals surface area contributed by atoms with Crippen LogP contribution in [0.5, 0.6) is 0 Å². The van der Waals surface area contributed by atoms with E-state index in [1.165, 1.54) is 17.7 Å². The normalized spacial score (nSPS) is 14.5. The summed E-state index contributed by atoms with van der Waals surface area (Å²) in [5, 5.41) is 4.73. The van der Waals surface area contributed by atoms with Crippen LogP contribution in [0.4, 0.5) is 4.39 Å². The Morgan fingerprint density at radius 2 is 1.61 bits per heavy atom. The fourth-order valence-electron chi connectivity index (χ4n) is 5.17. The zero-order chi connectivity index (χ0) is 25.2. The first kappa shape index (κ1) is 24.1. The van der Waals surface area contributed by atoms with Gasteiger partial charge in [0.25, 0.3) is 0 Å². The molecule has 1 aliphatic rings. The van der Waals surface area contributed by atoms with Gasteiger partial charge in [-0.2, -0.15) is 5.10 Å². The molecular weight excluding hydrogens is 453 g/mol. The van der Waals surface area contributed by atoms with Gasteiger partial charge < -0.3 is 4.90 Å². The smallest absolute Gasteiger partial charge is 0.222 e. The van der Waals surface area contributed by atoms with Crippen LogP contribution >= 0.6 is 0 Å². The summed E-state index contributed by atoms with van der Waals surface area (Å²) in [6.45, 7) is 10.2. The summed E-state index contributed by atoms with van der Waals surface area (Å²) in [7, 11) is 0. The lowest BCUT2D eigenvalue weighted by molar-refractivity contribution is -0.133. The number of piperazine rings is 1. The number of amides is 1. The number of aromatic nitrogens is 3. The first-order valence-electron chi connectivity index (χ1n) is 12.6. The number of carbonyl (C=O) groups is 1. The Labute approximate surface area is 211 Å². The second-order valence-corrected chi connectivity index (χ2v) is 9.61. The lowest BCUT2D eigenvalue weighted by Gasteiger charge is -2.35. The Morgan fingerprint density at radius 1 is 0.917 bits per heavy atom. The second-order valence-electron chi connectivity index (χ2n) is 9.61. The quantitative estimate of drug-likeness (QED) is 0.396. The average Bonchev–Trinajstić information content (AvgIpc) is 3.21. The van der Waals surface area contributed by atoms with Gasteiger partial charge in [0.2, 0.25) is 5.91 Å². The fourth-order valence-corrected chi connectivity index (χ4v) is 5.17. The molecule has 0 radical (unpaired) electrons. The van der Waals surface area contributed by atoms with Crippen LogP contribution in [0.15, 0.2) is 54.6 Å². The predicted molar refractivity (Wildman–Crippen MR) is 139 cm³/mol. The number of halogens is 1. The number of benzene rings is 2. The summed E-state index contributed by atoms with van der Waals surface area (Å²) in [6.07, 6.45) is 1.09. The van der Waals surface area contributed by atoms with Gasteiger partial charge in [-0.25, -0.2) is 13.9 Å². The van der Waals surface area contributed by atoms with Gasteiger partial charge in [0.15, 0.2) is 5.65 Å². The molecule has 6 nitrogen and oxygen atoms in total. The number of aryl methyl sites for hydroxylation is 3. The van der Waals surface area contributed by atoms with E-state index in [1.54, 1.807) is 12.1 Å². The first-order chi connectivity index (χ1) is 17.4. The molecular formula is C29H32FN5O. The number of hydrogen-bond donors (Lipinski definition) is 0. The lowest BCUT2D eigenvalue weighted by Crippen LogP contribution is -2.48. The standard InChI is InChI=1S/C29H32FN5O/c1-20-26(13-14-27(36)34-17-15-33(16-18-34)19-23-7-5-4-6-8-23)22(3)35-29(31-20)28(21(2)32-35)24-9-11-25(30)12-10-24/h4-12H,13-19H2,1-3H3. The number of nitrogens with zero attached hydrogens (tertiary/aromatic N) is 5. The molecule has 5 rings (SSSR count). The minimum absolute atomic E-state index is 0.192. The highest BCUT2D eigenvalue weighted by molar-refractivity contribution is 5.80. The SMILES string of the molecule is Cc1nc2c(-c3ccc(F)cc3)c(C)nn2c(C)c1CCC(=O)N1CCN(Cc2ccccc2)CC1. The van der Waals surface area contributed by atoms with Crippen LogP contribution in [-0.2, 0) is 17.8 Å². The number of fused-ring (bicyclic) bond motifs is 1. The van der Waals surface area contributed by atoms with Crippen molar-refractivity contribution in [3.8, 4) is 11.1 Å². The van der Waals surface area contributed by atoms with Gasteiger partial charge in [0.1, 0.15) is 5.82 Å². The van der Waals surface area contributed by atoms with Crippen molar-refractivity contribution in [3.63, 3.8) is 0 Å². The Balaban J connectivity index is 1.26. The van der Waals surface area contributed by atoms with E-state index in [0.29, 0.717) is 12.8 Å². The van der Waals surface area contributed by atoms with E-state index in [2.05, 4.69) is 29.2 Å². The van der Waals surface area contributed by atoms with Crippen molar-refractivity contribution >= 4 is 11.6 Å². The van der Waals surface area contributed by atoms with Crippen molar-refractivity contribution in [2.45, 2.75) is 40.2 Å². The molecule has 0 aliphatic carbocycles. The lowest BCUT2D eigenvalue weighted by atomic mass is 10.0.